The average molecular weight is 242 g/mol. The van der Waals surface area contributed by atoms with Crippen molar-refractivity contribution in [3.8, 4) is 0 Å². The first-order valence-corrected chi connectivity index (χ1v) is 3.99. The molecule has 2 amide bonds. The number of carboxylic acids is 1. The number of rotatable bonds is 4. The van der Waals surface area contributed by atoms with Gasteiger partial charge in [-0.05, 0) is 0 Å². The molecule has 9 heteroatoms. The summed E-state index contributed by atoms with van der Waals surface area (Å²) in [7, 11) is 1.19. The van der Waals surface area contributed by atoms with Gasteiger partial charge in [-0.2, -0.15) is 13.2 Å². The van der Waals surface area contributed by atoms with Crippen LogP contribution in [0.3, 0.4) is 0 Å². The van der Waals surface area contributed by atoms with Gasteiger partial charge < -0.3 is 15.7 Å². The van der Waals surface area contributed by atoms with Crippen LogP contribution in [0.25, 0.3) is 0 Å². The van der Waals surface area contributed by atoms with E-state index >= 15 is 0 Å². The lowest BCUT2D eigenvalue weighted by Gasteiger charge is -2.14. The summed E-state index contributed by atoms with van der Waals surface area (Å²) in [5.74, 6) is -4.92. The standard InChI is InChI=1S/C7H9F3N2O4/c1-11-4(13)2-3(5(14)15)12-6(16)7(8,9)10/h3H,2H2,1H3,(H,11,13)(H,12,16)(H,14,15). The van der Waals surface area contributed by atoms with E-state index in [-0.39, 0.29) is 0 Å². The van der Waals surface area contributed by atoms with Crippen molar-refractivity contribution >= 4 is 17.8 Å². The molecule has 1 unspecified atom stereocenters. The van der Waals surface area contributed by atoms with E-state index in [0.717, 1.165) is 0 Å². The Kier molecular flexibility index (Phi) is 4.73. The van der Waals surface area contributed by atoms with Crippen LogP contribution in [-0.4, -0.2) is 42.2 Å². The van der Waals surface area contributed by atoms with E-state index in [1.807, 2.05) is 5.32 Å². The Hall–Kier alpha value is -1.80. The molecule has 0 aliphatic carbocycles. The van der Waals surface area contributed by atoms with E-state index in [4.69, 9.17) is 5.11 Å². The first-order valence-electron chi connectivity index (χ1n) is 3.99. The van der Waals surface area contributed by atoms with E-state index in [1.54, 1.807) is 0 Å². The summed E-state index contributed by atoms with van der Waals surface area (Å²) in [6.45, 7) is 0. The molecule has 0 heterocycles. The number of halogens is 3. The molecule has 0 spiro atoms. The Morgan fingerprint density at radius 2 is 1.81 bits per heavy atom. The molecule has 0 rings (SSSR count). The smallest absolute Gasteiger partial charge is 0.471 e. The Labute approximate surface area is 87.8 Å². The summed E-state index contributed by atoms with van der Waals surface area (Å²) in [5, 5.41) is 11.7. The highest BCUT2D eigenvalue weighted by Crippen LogP contribution is 2.14. The maximum absolute atomic E-state index is 11.8. The molecule has 0 aromatic carbocycles. The molecule has 6 nitrogen and oxygen atoms in total. The van der Waals surface area contributed by atoms with Crippen LogP contribution in [0.15, 0.2) is 0 Å². The maximum Gasteiger partial charge on any atom is 0.471 e. The fraction of sp³-hybridized carbons (Fsp3) is 0.571. The predicted octanol–water partition coefficient (Wildman–Crippen LogP) is -0.746. The Bertz CT molecular complexity index is 302. The van der Waals surface area contributed by atoms with Crippen LogP contribution >= 0.6 is 0 Å². The van der Waals surface area contributed by atoms with E-state index in [2.05, 4.69) is 0 Å². The summed E-state index contributed by atoms with van der Waals surface area (Å²) >= 11 is 0. The third-order valence-electron chi connectivity index (χ3n) is 1.53. The van der Waals surface area contributed by atoms with Gasteiger partial charge in [0.2, 0.25) is 5.91 Å². The second-order valence-corrected chi connectivity index (χ2v) is 2.74. The van der Waals surface area contributed by atoms with Gasteiger partial charge in [-0.1, -0.05) is 0 Å². The van der Waals surface area contributed by atoms with Crippen LogP contribution in [0.5, 0.6) is 0 Å². The van der Waals surface area contributed by atoms with Crippen molar-refractivity contribution in [3.63, 3.8) is 0 Å². The van der Waals surface area contributed by atoms with Gasteiger partial charge in [0.1, 0.15) is 6.04 Å². The molecule has 0 bridgehead atoms. The van der Waals surface area contributed by atoms with Crippen molar-refractivity contribution in [1.29, 1.82) is 0 Å². The van der Waals surface area contributed by atoms with Gasteiger partial charge in [0, 0.05) is 7.05 Å². The molecule has 0 radical (unpaired) electrons. The molecule has 0 saturated carbocycles. The maximum atomic E-state index is 11.8. The second kappa shape index (κ2) is 5.33. The second-order valence-electron chi connectivity index (χ2n) is 2.74. The molecule has 0 fully saturated rings. The first-order chi connectivity index (χ1) is 7.18. The minimum atomic E-state index is -5.18. The van der Waals surface area contributed by atoms with Crippen molar-refractivity contribution < 1.29 is 32.7 Å². The van der Waals surface area contributed by atoms with Gasteiger partial charge in [0.15, 0.2) is 0 Å². The van der Waals surface area contributed by atoms with E-state index in [1.165, 1.54) is 12.4 Å². The topological polar surface area (TPSA) is 95.5 Å². The minimum Gasteiger partial charge on any atom is -0.480 e. The van der Waals surface area contributed by atoms with Crippen LogP contribution < -0.4 is 10.6 Å². The van der Waals surface area contributed by atoms with Crippen LogP contribution in [-0.2, 0) is 14.4 Å². The van der Waals surface area contributed by atoms with Gasteiger partial charge in [-0.15, -0.1) is 0 Å². The SMILES string of the molecule is CNC(=O)CC(NC(=O)C(F)(F)F)C(=O)O. The molecule has 0 saturated heterocycles. The molecule has 92 valence electrons. The number of carbonyl (C=O) groups is 3. The summed E-state index contributed by atoms with van der Waals surface area (Å²) < 4.78 is 35.4. The van der Waals surface area contributed by atoms with E-state index in [0.29, 0.717) is 0 Å². The highest BCUT2D eigenvalue weighted by Gasteiger charge is 2.41. The molecular formula is C7H9F3N2O4. The van der Waals surface area contributed by atoms with Crippen LogP contribution in [0, 0.1) is 0 Å². The lowest BCUT2D eigenvalue weighted by atomic mass is 10.2. The Morgan fingerprint density at radius 1 is 1.31 bits per heavy atom. The van der Waals surface area contributed by atoms with Gasteiger partial charge in [0.05, 0.1) is 6.42 Å². The zero-order valence-electron chi connectivity index (χ0n) is 8.09. The molecule has 1 atom stereocenters. The Morgan fingerprint density at radius 3 is 2.12 bits per heavy atom. The number of hydrogen-bond acceptors (Lipinski definition) is 3. The number of amides is 2. The molecule has 0 aromatic heterocycles. The zero-order valence-corrected chi connectivity index (χ0v) is 8.09. The highest BCUT2D eigenvalue weighted by molar-refractivity contribution is 5.90. The quantitative estimate of drug-likeness (QED) is 0.604. The molecule has 0 aliphatic heterocycles. The lowest BCUT2D eigenvalue weighted by molar-refractivity contribution is -0.175. The number of hydrogen-bond donors (Lipinski definition) is 3. The summed E-state index contributed by atoms with van der Waals surface area (Å²) in [5.41, 5.74) is 0. The average Bonchev–Trinajstić information content (AvgIpc) is 2.14. The molecule has 0 aromatic rings. The predicted molar refractivity (Wildman–Crippen MR) is 44.3 cm³/mol. The van der Waals surface area contributed by atoms with Gasteiger partial charge >= 0.3 is 18.1 Å². The third-order valence-corrected chi connectivity index (χ3v) is 1.53. The molecule has 0 aliphatic rings. The van der Waals surface area contributed by atoms with Crippen molar-refractivity contribution in [2.75, 3.05) is 7.05 Å². The number of carboxylic acid groups (broad SMARTS) is 1. The monoisotopic (exact) mass is 242 g/mol. The van der Waals surface area contributed by atoms with Crippen molar-refractivity contribution in [2.24, 2.45) is 0 Å². The zero-order chi connectivity index (χ0) is 12.9. The summed E-state index contributed by atoms with van der Waals surface area (Å²) in [6.07, 6.45) is -5.95. The van der Waals surface area contributed by atoms with Crippen molar-refractivity contribution in [2.45, 2.75) is 18.6 Å². The van der Waals surface area contributed by atoms with Gasteiger partial charge in [-0.25, -0.2) is 4.79 Å². The van der Waals surface area contributed by atoms with Crippen molar-refractivity contribution in [3.05, 3.63) is 0 Å². The number of alkyl halides is 3. The normalized spacial score (nSPS) is 12.8. The van der Waals surface area contributed by atoms with E-state index in [9.17, 15) is 27.6 Å². The largest absolute Gasteiger partial charge is 0.480 e. The van der Waals surface area contributed by atoms with Gasteiger partial charge in [-0.3, -0.25) is 9.59 Å². The van der Waals surface area contributed by atoms with Crippen molar-refractivity contribution in [1.82, 2.24) is 10.6 Å². The molecular weight excluding hydrogens is 233 g/mol. The first kappa shape index (κ1) is 14.2. The summed E-state index contributed by atoms with van der Waals surface area (Å²) in [4.78, 5) is 31.6. The Balaban J connectivity index is 4.53. The third kappa shape index (κ3) is 4.62. The van der Waals surface area contributed by atoms with Crippen LogP contribution in [0.2, 0.25) is 0 Å². The minimum absolute atomic E-state index is 0.770. The number of nitrogens with one attached hydrogen (secondary N) is 2. The molecule has 3 N–H and O–H groups in total. The lowest BCUT2D eigenvalue weighted by Crippen LogP contribution is -2.48. The van der Waals surface area contributed by atoms with E-state index < -0.39 is 36.4 Å². The molecule has 16 heavy (non-hydrogen) atoms. The number of carbonyl (C=O) groups excluding carboxylic acids is 2. The highest BCUT2D eigenvalue weighted by atomic mass is 19.4. The van der Waals surface area contributed by atoms with Gasteiger partial charge in [0.25, 0.3) is 0 Å². The van der Waals surface area contributed by atoms with Crippen LogP contribution in [0.1, 0.15) is 6.42 Å². The number of aliphatic carboxylic acids is 1. The van der Waals surface area contributed by atoms with Crippen LogP contribution in [0.4, 0.5) is 13.2 Å². The fourth-order valence-corrected chi connectivity index (χ4v) is 0.728. The summed E-state index contributed by atoms with van der Waals surface area (Å²) in [6, 6.07) is -1.91. The fourth-order valence-electron chi connectivity index (χ4n) is 0.728.